The van der Waals surface area contributed by atoms with Gasteiger partial charge in [-0.05, 0) is 13.0 Å². The highest BCUT2D eigenvalue weighted by Crippen LogP contribution is 2.22. The molecule has 0 saturated heterocycles. The van der Waals surface area contributed by atoms with Crippen LogP contribution in [0.15, 0.2) is 24.3 Å². The lowest BCUT2D eigenvalue weighted by Gasteiger charge is -2.14. The summed E-state index contributed by atoms with van der Waals surface area (Å²) in [5, 5.41) is 0. The van der Waals surface area contributed by atoms with Crippen LogP contribution in [0.1, 0.15) is 18.5 Å². The zero-order chi connectivity index (χ0) is 9.68. The molecule has 0 aliphatic heterocycles. The number of hydrogen-bond acceptors (Lipinski definition) is 3. The van der Waals surface area contributed by atoms with Crippen molar-refractivity contribution >= 4 is 0 Å². The number of para-hydroxylation sites is 1. The summed E-state index contributed by atoms with van der Waals surface area (Å²) in [6.45, 7) is 3.03. The molecular weight excluding hydrogens is 164 g/mol. The molecule has 0 fully saturated rings. The highest BCUT2D eigenvalue weighted by molar-refractivity contribution is 5.35. The fourth-order valence-corrected chi connectivity index (χ4v) is 1.20. The summed E-state index contributed by atoms with van der Waals surface area (Å²) in [5.41, 5.74) is 12.3. The predicted molar refractivity (Wildman–Crippen MR) is 53.6 cm³/mol. The second-order valence-corrected chi connectivity index (χ2v) is 2.81. The molecule has 0 spiro atoms. The van der Waals surface area contributed by atoms with Crippen molar-refractivity contribution in [1.82, 2.24) is 0 Å². The number of nitrogens with two attached hydrogens (primary N) is 2. The van der Waals surface area contributed by atoms with Gasteiger partial charge in [0.25, 0.3) is 0 Å². The van der Waals surface area contributed by atoms with Gasteiger partial charge in [-0.3, -0.25) is 0 Å². The van der Waals surface area contributed by atoms with Gasteiger partial charge in [0, 0.05) is 18.2 Å². The molecule has 0 radical (unpaired) electrons. The lowest BCUT2D eigenvalue weighted by Crippen LogP contribution is -2.21. The molecule has 3 heteroatoms. The summed E-state index contributed by atoms with van der Waals surface area (Å²) >= 11 is 0. The van der Waals surface area contributed by atoms with E-state index in [-0.39, 0.29) is 6.04 Å². The van der Waals surface area contributed by atoms with Crippen molar-refractivity contribution in [2.75, 3.05) is 13.2 Å². The summed E-state index contributed by atoms with van der Waals surface area (Å²) < 4.78 is 5.42. The van der Waals surface area contributed by atoms with Crippen LogP contribution >= 0.6 is 0 Å². The molecule has 0 bridgehead atoms. The molecule has 0 aliphatic carbocycles. The Kier molecular flexibility index (Phi) is 3.73. The van der Waals surface area contributed by atoms with E-state index in [2.05, 4.69) is 0 Å². The molecule has 0 saturated carbocycles. The van der Waals surface area contributed by atoms with Gasteiger partial charge in [0.15, 0.2) is 0 Å². The molecule has 0 heterocycles. The van der Waals surface area contributed by atoms with Crippen LogP contribution in [0.4, 0.5) is 0 Å². The van der Waals surface area contributed by atoms with Gasteiger partial charge in [-0.15, -0.1) is 0 Å². The number of rotatable bonds is 4. The first-order chi connectivity index (χ1) is 6.29. The van der Waals surface area contributed by atoms with Crippen molar-refractivity contribution < 1.29 is 4.74 Å². The van der Waals surface area contributed by atoms with Crippen molar-refractivity contribution in [2.24, 2.45) is 11.5 Å². The van der Waals surface area contributed by atoms with Gasteiger partial charge in [-0.1, -0.05) is 18.2 Å². The smallest absolute Gasteiger partial charge is 0.124 e. The number of hydrogen-bond donors (Lipinski definition) is 2. The maximum absolute atomic E-state index is 5.82. The van der Waals surface area contributed by atoms with E-state index in [0.29, 0.717) is 13.2 Å². The molecule has 1 rings (SSSR count). The maximum atomic E-state index is 5.82. The van der Waals surface area contributed by atoms with Gasteiger partial charge in [-0.25, -0.2) is 0 Å². The first-order valence-corrected chi connectivity index (χ1v) is 4.47. The topological polar surface area (TPSA) is 61.3 Å². The van der Waals surface area contributed by atoms with E-state index in [9.17, 15) is 0 Å². The van der Waals surface area contributed by atoms with E-state index >= 15 is 0 Å². The highest BCUT2D eigenvalue weighted by atomic mass is 16.5. The van der Waals surface area contributed by atoms with E-state index in [1.165, 1.54) is 0 Å². The fourth-order valence-electron chi connectivity index (χ4n) is 1.20. The minimum absolute atomic E-state index is 0.136. The molecule has 0 amide bonds. The quantitative estimate of drug-likeness (QED) is 0.728. The Hall–Kier alpha value is -1.06. The Morgan fingerprint density at radius 1 is 1.38 bits per heavy atom. The van der Waals surface area contributed by atoms with Gasteiger partial charge in [0.1, 0.15) is 5.75 Å². The Balaban J connectivity index is 2.90. The summed E-state index contributed by atoms with van der Waals surface area (Å²) in [6.07, 6.45) is 0. The van der Waals surface area contributed by atoms with Crippen LogP contribution in [-0.4, -0.2) is 13.2 Å². The molecule has 3 nitrogen and oxygen atoms in total. The minimum atomic E-state index is -0.136. The first kappa shape index (κ1) is 10.0. The molecule has 0 aliphatic rings. The summed E-state index contributed by atoms with van der Waals surface area (Å²) in [6, 6.07) is 7.59. The van der Waals surface area contributed by atoms with Crippen LogP contribution in [0, 0.1) is 0 Å². The SMILES string of the molecule is CCOc1ccccc1[C@H](N)CN. The largest absolute Gasteiger partial charge is 0.494 e. The Morgan fingerprint density at radius 3 is 2.69 bits per heavy atom. The third-order valence-corrected chi connectivity index (χ3v) is 1.87. The van der Waals surface area contributed by atoms with E-state index in [1.807, 2.05) is 31.2 Å². The van der Waals surface area contributed by atoms with E-state index in [1.54, 1.807) is 0 Å². The average Bonchev–Trinajstić information content (AvgIpc) is 2.18. The number of ether oxygens (including phenoxy) is 1. The van der Waals surface area contributed by atoms with Gasteiger partial charge in [-0.2, -0.15) is 0 Å². The van der Waals surface area contributed by atoms with Crippen LogP contribution in [0.3, 0.4) is 0 Å². The molecule has 72 valence electrons. The maximum Gasteiger partial charge on any atom is 0.124 e. The van der Waals surface area contributed by atoms with Crippen molar-refractivity contribution in [2.45, 2.75) is 13.0 Å². The zero-order valence-corrected chi connectivity index (χ0v) is 7.86. The van der Waals surface area contributed by atoms with E-state index in [0.717, 1.165) is 11.3 Å². The molecule has 1 atom stereocenters. The van der Waals surface area contributed by atoms with Crippen LogP contribution in [-0.2, 0) is 0 Å². The van der Waals surface area contributed by atoms with Crippen molar-refractivity contribution in [1.29, 1.82) is 0 Å². The van der Waals surface area contributed by atoms with Crippen LogP contribution in [0.25, 0.3) is 0 Å². The van der Waals surface area contributed by atoms with Gasteiger partial charge in [0.2, 0.25) is 0 Å². The average molecular weight is 180 g/mol. The zero-order valence-electron chi connectivity index (χ0n) is 7.86. The van der Waals surface area contributed by atoms with Gasteiger partial charge < -0.3 is 16.2 Å². The summed E-state index contributed by atoms with van der Waals surface area (Å²) in [4.78, 5) is 0. The molecule has 13 heavy (non-hydrogen) atoms. The lowest BCUT2D eigenvalue weighted by molar-refractivity contribution is 0.334. The van der Waals surface area contributed by atoms with Crippen molar-refractivity contribution in [3.8, 4) is 5.75 Å². The Labute approximate surface area is 78.7 Å². The van der Waals surface area contributed by atoms with E-state index in [4.69, 9.17) is 16.2 Å². The molecule has 1 aromatic rings. The Bertz CT molecular complexity index is 263. The first-order valence-electron chi connectivity index (χ1n) is 4.47. The molecule has 0 unspecified atom stereocenters. The van der Waals surface area contributed by atoms with E-state index < -0.39 is 0 Å². The minimum Gasteiger partial charge on any atom is -0.494 e. The summed E-state index contributed by atoms with van der Waals surface area (Å²) in [5.74, 6) is 0.836. The monoisotopic (exact) mass is 180 g/mol. The standard InChI is InChI=1S/C10H16N2O/c1-2-13-10-6-4-3-5-8(10)9(12)7-11/h3-6,9H,2,7,11-12H2,1H3/t9-/m1/s1. The highest BCUT2D eigenvalue weighted by Gasteiger charge is 2.08. The molecule has 4 N–H and O–H groups in total. The fraction of sp³-hybridized carbons (Fsp3) is 0.400. The molecule has 1 aromatic carbocycles. The van der Waals surface area contributed by atoms with Crippen molar-refractivity contribution in [3.05, 3.63) is 29.8 Å². The lowest BCUT2D eigenvalue weighted by atomic mass is 10.1. The molecule has 0 aromatic heterocycles. The van der Waals surface area contributed by atoms with Crippen LogP contribution in [0.5, 0.6) is 5.75 Å². The van der Waals surface area contributed by atoms with Gasteiger partial charge in [0.05, 0.1) is 6.61 Å². The number of benzene rings is 1. The van der Waals surface area contributed by atoms with Crippen LogP contribution < -0.4 is 16.2 Å². The predicted octanol–water partition coefficient (Wildman–Crippen LogP) is 1.04. The summed E-state index contributed by atoms with van der Waals surface area (Å²) in [7, 11) is 0. The van der Waals surface area contributed by atoms with Crippen LogP contribution in [0.2, 0.25) is 0 Å². The Morgan fingerprint density at radius 2 is 2.08 bits per heavy atom. The third-order valence-electron chi connectivity index (χ3n) is 1.87. The van der Waals surface area contributed by atoms with Crippen molar-refractivity contribution in [3.63, 3.8) is 0 Å². The van der Waals surface area contributed by atoms with Gasteiger partial charge >= 0.3 is 0 Å². The molecular formula is C10H16N2O. The second kappa shape index (κ2) is 4.84. The third kappa shape index (κ3) is 2.44. The second-order valence-electron chi connectivity index (χ2n) is 2.81. The normalized spacial score (nSPS) is 12.5.